The third-order valence-corrected chi connectivity index (χ3v) is 4.72. The zero-order chi connectivity index (χ0) is 17.7. The monoisotopic (exact) mass is 379 g/mol. The highest BCUT2D eigenvalue weighted by molar-refractivity contribution is 6.40. The van der Waals surface area contributed by atoms with E-state index in [-0.39, 0.29) is 33.0 Å². The molecule has 8 nitrogen and oxygen atoms in total. The number of aromatic nitrogens is 5. The molecule has 128 valence electrons. The molecule has 0 unspecified atom stereocenters. The Kier molecular flexibility index (Phi) is 3.73. The molecule has 3 aromatic rings. The predicted molar refractivity (Wildman–Crippen MR) is 88.5 cm³/mol. The second-order valence-electron chi connectivity index (χ2n) is 5.76. The van der Waals surface area contributed by atoms with Gasteiger partial charge in [0.05, 0.1) is 21.8 Å². The number of carbonyl (C=O) groups is 1. The van der Waals surface area contributed by atoms with Crippen LogP contribution in [0.4, 0.5) is 0 Å². The van der Waals surface area contributed by atoms with E-state index in [1.807, 2.05) is 0 Å². The van der Waals surface area contributed by atoms with Crippen molar-refractivity contribution in [2.75, 3.05) is 0 Å². The molecule has 0 bridgehead atoms. The van der Waals surface area contributed by atoms with Crippen molar-refractivity contribution in [3.63, 3.8) is 0 Å². The van der Waals surface area contributed by atoms with Crippen molar-refractivity contribution in [2.45, 2.75) is 18.8 Å². The number of nitrogens with zero attached hydrogens (tertiary/aromatic N) is 5. The lowest BCUT2D eigenvalue weighted by atomic mass is 10.0. The molecule has 25 heavy (non-hydrogen) atoms. The first kappa shape index (κ1) is 16.0. The van der Waals surface area contributed by atoms with Gasteiger partial charge in [0, 0.05) is 18.5 Å². The summed E-state index contributed by atoms with van der Waals surface area (Å²) in [6.07, 6.45) is 3.31. The molecular weight excluding hydrogens is 369 g/mol. The first-order chi connectivity index (χ1) is 12.0. The van der Waals surface area contributed by atoms with E-state index in [1.165, 1.54) is 25.4 Å². The average Bonchev–Trinajstić information content (AvgIpc) is 3.23. The summed E-state index contributed by atoms with van der Waals surface area (Å²) in [4.78, 5) is 25.0. The van der Waals surface area contributed by atoms with E-state index in [1.54, 1.807) is 0 Å². The maximum absolute atomic E-state index is 12.9. The van der Waals surface area contributed by atoms with Crippen LogP contribution in [0.25, 0.3) is 5.69 Å². The molecule has 1 fully saturated rings. The van der Waals surface area contributed by atoms with Crippen molar-refractivity contribution in [2.24, 2.45) is 7.05 Å². The third-order valence-electron chi connectivity index (χ3n) is 4.04. The van der Waals surface area contributed by atoms with E-state index in [4.69, 9.17) is 27.7 Å². The lowest BCUT2D eigenvalue weighted by molar-refractivity contribution is 0.103. The van der Waals surface area contributed by atoms with Gasteiger partial charge in [-0.1, -0.05) is 28.4 Å². The second kappa shape index (κ2) is 5.82. The molecule has 0 radical (unpaired) electrons. The largest absolute Gasteiger partial charge is 0.368 e. The van der Waals surface area contributed by atoms with Gasteiger partial charge in [0.25, 0.3) is 0 Å². The molecule has 2 aromatic heterocycles. The Labute approximate surface area is 150 Å². The molecule has 0 amide bonds. The van der Waals surface area contributed by atoms with Gasteiger partial charge >= 0.3 is 5.69 Å². The summed E-state index contributed by atoms with van der Waals surface area (Å²) in [5.74, 6) is 0.437. The van der Waals surface area contributed by atoms with Crippen molar-refractivity contribution in [3.8, 4) is 5.69 Å². The smallest absolute Gasteiger partial charge is 0.360 e. The number of hydrogen-bond acceptors (Lipinski definition) is 6. The molecule has 0 spiro atoms. The minimum atomic E-state index is -0.531. The summed E-state index contributed by atoms with van der Waals surface area (Å²) in [7, 11) is 1.45. The molecule has 2 heterocycles. The van der Waals surface area contributed by atoms with Crippen molar-refractivity contribution in [3.05, 3.63) is 55.7 Å². The molecule has 1 saturated carbocycles. The van der Waals surface area contributed by atoms with Gasteiger partial charge in [-0.15, -0.1) is 0 Å². The van der Waals surface area contributed by atoms with Crippen molar-refractivity contribution in [1.82, 2.24) is 24.9 Å². The minimum Gasteiger partial charge on any atom is -0.360 e. The Bertz CT molecular complexity index is 1050. The van der Waals surface area contributed by atoms with Crippen LogP contribution in [0.5, 0.6) is 0 Å². The van der Waals surface area contributed by atoms with E-state index in [9.17, 15) is 9.59 Å². The zero-order valence-electron chi connectivity index (χ0n) is 12.9. The van der Waals surface area contributed by atoms with E-state index in [0.717, 1.165) is 22.2 Å². The van der Waals surface area contributed by atoms with Crippen molar-refractivity contribution in [1.29, 1.82) is 0 Å². The molecule has 1 aliphatic carbocycles. The van der Waals surface area contributed by atoms with Crippen LogP contribution in [-0.4, -0.2) is 30.7 Å². The molecule has 0 N–H and O–H groups in total. The van der Waals surface area contributed by atoms with Gasteiger partial charge in [-0.05, 0) is 35.4 Å². The highest BCUT2D eigenvalue weighted by atomic mass is 35.5. The number of rotatable bonds is 4. The Balaban J connectivity index is 1.85. The fraction of sp³-hybridized carbons (Fsp3) is 0.267. The van der Waals surface area contributed by atoms with E-state index < -0.39 is 5.69 Å². The number of aryl methyl sites for hydroxylation is 1. The number of ketones is 1. The first-order valence-electron chi connectivity index (χ1n) is 7.45. The summed E-state index contributed by atoms with van der Waals surface area (Å²) in [5, 5.41) is 11.3. The number of carbonyl (C=O) groups excluding carboxylic acids is 1. The van der Waals surface area contributed by atoms with Gasteiger partial charge in [0.1, 0.15) is 5.69 Å². The van der Waals surface area contributed by atoms with Gasteiger partial charge < -0.3 is 4.52 Å². The number of benzene rings is 1. The van der Waals surface area contributed by atoms with Crippen molar-refractivity contribution < 1.29 is 9.32 Å². The summed E-state index contributed by atoms with van der Waals surface area (Å²) in [5.41, 5.74) is 0.127. The standard InChI is InChI=1S/C15H11Cl2N5O3/c1-21-15(24)22(20-19-21)12-10(16)5-4-8(11(12)17)13(23)9-6-18-25-14(9)7-2-3-7/h4-7H,2-3H2,1H3. The SMILES string of the molecule is Cn1nnn(-c2c(Cl)ccc(C(=O)c3cnoc3C3CC3)c2Cl)c1=O. The van der Waals surface area contributed by atoms with Crippen LogP contribution in [0, 0.1) is 0 Å². The fourth-order valence-electron chi connectivity index (χ4n) is 2.57. The maximum Gasteiger partial charge on any atom is 0.368 e. The summed E-state index contributed by atoms with van der Waals surface area (Å²) in [6, 6.07) is 2.99. The summed E-state index contributed by atoms with van der Waals surface area (Å²) in [6.45, 7) is 0. The van der Waals surface area contributed by atoms with Crippen LogP contribution in [0.1, 0.15) is 40.4 Å². The van der Waals surface area contributed by atoms with Crippen LogP contribution < -0.4 is 5.69 Å². The van der Waals surface area contributed by atoms with Gasteiger partial charge in [-0.2, -0.15) is 9.36 Å². The Morgan fingerprint density at radius 2 is 2.00 bits per heavy atom. The summed E-state index contributed by atoms with van der Waals surface area (Å²) < 4.78 is 7.20. The lowest BCUT2D eigenvalue weighted by Gasteiger charge is -2.09. The topological polar surface area (TPSA) is 95.8 Å². The Morgan fingerprint density at radius 3 is 2.64 bits per heavy atom. The van der Waals surface area contributed by atoms with Crippen LogP contribution in [0.3, 0.4) is 0 Å². The normalized spacial score (nSPS) is 14.0. The lowest BCUT2D eigenvalue weighted by Crippen LogP contribution is -2.23. The third kappa shape index (κ3) is 2.58. The molecule has 0 atom stereocenters. The summed E-state index contributed by atoms with van der Waals surface area (Å²) >= 11 is 12.6. The molecule has 0 saturated heterocycles. The average molecular weight is 380 g/mol. The van der Waals surface area contributed by atoms with Gasteiger partial charge in [0.15, 0.2) is 11.5 Å². The highest BCUT2D eigenvalue weighted by Crippen LogP contribution is 2.42. The van der Waals surface area contributed by atoms with Crippen LogP contribution >= 0.6 is 23.2 Å². The van der Waals surface area contributed by atoms with Gasteiger partial charge in [-0.25, -0.2) is 4.79 Å². The van der Waals surface area contributed by atoms with E-state index in [2.05, 4.69) is 15.6 Å². The van der Waals surface area contributed by atoms with Gasteiger partial charge in [0.2, 0.25) is 0 Å². The van der Waals surface area contributed by atoms with Crippen LogP contribution in [0.15, 0.2) is 27.6 Å². The zero-order valence-corrected chi connectivity index (χ0v) is 14.5. The van der Waals surface area contributed by atoms with E-state index in [0.29, 0.717) is 11.3 Å². The second-order valence-corrected chi connectivity index (χ2v) is 6.55. The first-order valence-corrected chi connectivity index (χ1v) is 8.21. The number of hydrogen-bond donors (Lipinski definition) is 0. The molecule has 0 aliphatic heterocycles. The van der Waals surface area contributed by atoms with Crippen molar-refractivity contribution >= 4 is 29.0 Å². The maximum atomic E-state index is 12.9. The quantitative estimate of drug-likeness (QED) is 0.645. The van der Waals surface area contributed by atoms with Crippen LogP contribution in [0.2, 0.25) is 10.0 Å². The highest BCUT2D eigenvalue weighted by Gasteiger charge is 2.33. The van der Waals surface area contributed by atoms with E-state index >= 15 is 0 Å². The molecule has 4 rings (SSSR count). The molecule has 1 aliphatic rings. The molecule has 10 heteroatoms. The fourth-order valence-corrected chi connectivity index (χ4v) is 3.19. The molecular formula is C15H11Cl2N5O3. The minimum absolute atomic E-state index is 0.0167. The Morgan fingerprint density at radius 1 is 1.24 bits per heavy atom. The molecule has 1 aromatic carbocycles. The van der Waals surface area contributed by atoms with Gasteiger partial charge in [-0.3, -0.25) is 4.79 Å². The Hall–Kier alpha value is -2.45. The predicted octanol–water partition coefficient (Wildman–Crippen LogP) is 2.37. The van der Waals surface area contributed by atoms with Crippen LogP contribution in [-0.2, 0) is 7.05 Å². The number of tetrazole rings is 1. The number of halogens is 2.